The summed E-state index contributed by atoms with van der Waals surface area (Å²) < 4.78 is 1.80. The van der Waals surface area contributed by atoms with Crippen molar-refractivity contribution >= 4 is 33.5 Å². The second kappa shape index (κ2) is 10.1. The average Bonchev–Trinajstić information content (AvgIpc) is 3.29. The zero-order valence-electron chi connectivity index (χ0n) is 18.8. The van der Waals surface area contributed by atoms with Gasteiger partial charge in [-0.05, 0) is 28.3 Å². The zero-order chi connectivity index (χ0) is 23.2. The van der Waals surface area contributed by atoms with Crippen LogP contribution in [0.2, 0.25) is 0 Å². The van der Waals surface area contributed by atoms with E-state index in [4.69, 9.17) is 0 Å². The van der Waals surface area contributed by atoms with E-state index >= 15 is 0 Å². The highest BCUT2D eigenvalue weighted by Gasteiger charge is 2.11. The van der Waals surface area contributed by atoms with Gasteiger partial charge in [0.2, 0.25) is 5.91 Å². The summed E-state index contributed by atoms with van der Waals surface area (Å²) >= 11 is 0. The summed E-state index contributed by atoms with van der Waals surface area (Å²) in [6.45, 7) is 1.78. The lowest BCUT2D eigenvalue weighted by Crippen LogP contribution is -2.29. The highest BCUT2D eigenvalue weighted by atomic mass is 16.1. The lowest BCUT2D eigenvalue weighted by molar-refractivity contribution is -0.120. The minimum absolute atomic E-state index is 0.00860. The number of carbonyl (C=O) groups is 1. The molecule has 0 aliphatic carbocycles. The first-order valence-electron chi connectivity index (χ1n) is 11.5. The van der Waals surface area contributed by atoms with E-state index in [-0.39, 0.29) is 5.91 Å². The van der Waals surface area contributed by atoms with Crippen LogP contribution >= 0.6 is 0 Å². The molecule has 2 heterocycles. The summed E-state index contributed by atoms with van der Waals surface area (Å²) in [6, 6.07) is 24.5. The van der Waals surface area contributed by atoms with Gasteiger partial charge < -0.3 is 10.6 Å². The Hall–Kier alpha value is -4.26. The molecule has 0 spiro atoms. The normalized spacial score (nSPS) is 11.1. The molecule has 5 rings (SSSR count). The summed E-state index contributed by atoms with van der Waals surface area (Å²) in [5.74, 6) is 0.762. The smallest absolute Gasteiger partial charge is 0.224 e. The third-order valence-corrected chi connectivity index (χ3v) is 5.86. The van der Waals surface area contributed by atoms with E-state index in [0.29, 0.717) is 19.5 Å². The van der Waals surface area contributed by atoms with E-state index in [9.17, 15) is 4.79 Å². The predicted octanol–water partition coefficient (Wildman–Crippen LogP) is 3.99. The maximum absolute atomic E-state index is 12.6. The lowest BCUT2D eigenvalue weighted by Gasteiger charge is -2.09. The molecule has 0 bridgehead atoms. The molecule has 0 radical (unpaired) electrons. The third kappa shape index (κ3) is 4.88. The van der Waals surface area contributed by atoms with Gasteiger partial charge in [0.05, 0.1) is 24.5 Å². The van der Waals surface area contributed by atoms with Crippen molar-refractivity contribution in [2.24, 2.45) is 0 Å². The maximum Gasteiger partial charge on any atom is 0.224 e. The van der Waals surface area contributed by atoms with Crippen LogP contribution in [0.1, 0.15) is 11.1 Å². The van der Waals surface area contributed by atoms with Crippen LogP contribution in [0.4, 0.5) is 5.82 Å². The number of nitrogens with zero attached hydrogens (tertiary/aromatic N) is 4. The van der Waals surface area contributed by atoms with Crippen LogP contribution in [0, 0.1) is 0 Å². The molecule has 170 valence electrons. The van der Waals surface area contributed by atoms with Crippen LogP contribution in [-0.4, -0.2) is 38.7 Å². The van der Waals surface area contributed by atoms with Gasteiger partial charge in [0, 0.05) is 13.1 Å². The Morgan fingerprint density at radius 3 is 2.59 bits per heavy atom. The molecular formula is C27H26N6O. The number of nitrogens with one attached hydrogen (secondary N) is 2. The van der Waals surface area contributed by atoms with Gasteiger partial charge in [-0.3, -0.25) is 4.79 Å². The fourth-order valence-electron chi connectivity index (χ4n) is 4.15. The number of amides is 1. The number of benzene rings is 3. The molecule has 0 fully saturated rings. The number of fused-ring (bicyclic) bond motifs is 2. The topological polar surface area (TPSA) is 84.7 Å². The molecule has 0 saturated carbocycles. The lowest BCUT2D eigenvalue weighted by atomic mass is 10.0. The Balaban J connectivity index is 1.17. The van der Waals surface area contributed by atoms with Crippen LogP contribution in [0.15, 0.2) is 85.3 Å². The average molecular weight is 451 g/mol. The summed E-state index contributed by atoms with van der Waals surface area (Å²) in [5.41, 5.74) is 3.05. The molecule has 34 heavy (non-hydrogen) atoms. The standard InChI is InChI=1S/C27H26N6O/c34-25(17-22-11-6-10-21-9-4-5-12-23(21)22)28-15-16-33-27-24(18-32-33)26(30-19-31-27)29-14-13-20-7-2-1-3-8-20/h1-12,18-19H,13-17H2,(H,28,34)(H,29,30,31). The molecule has 0 aliphatic heterocycles. The molecule has 0 saturated heterocycles. The Labute approximate surface area is 197 Å². The fraction of sp³-hybridized carbons (Fsp3) is 0.185. The van der Waals surface area contributed by atoms with E-state index in [1.165, 1.54) is 5.56 Å². The van der Waals surface area contributed by atoms with Gasteiger partial charge in [0.25, 0.3) is 0 Å². The summed E-state index contributed by atoms with van der Waals surface area (Å²) in [7, 11) is 0. The number of carbonyl (C=O) groups excluding carboxylic acids is 1. The van der Waals surface area contributed by atoms with Crippen molar-refractivity contribution in [3.63, 3.8) is 0 Å². The maximum atomic E-state index is 12.6. The zero-order valence-corrected chi connectivity index (χ0v) is 18.8. The minimum Gasteiger partial charge on any atom is -0.369 e. The van der Waals surface area contributed by atoms with Gasteiger partial charge in [-0.25, -0.2) is 14.6 Å². The van der Waals surface area contributed by atoms with E-state index in [1.54, 1.807) is 17.2 Å². The molecule has 7 nitrogen and oxygen atoms in total. The first-order chi connectivity index (χ1) is 16.8. The van der Waals surface area contributed by atoms with Crippen molar-refractivity contribution in [2.75, 3.05) is 18.4 Å². The van der Waals surface area contributed by atoms with Gasteiger partial charge in [0.1, 0.15) is 12.1 Å². The van der Waals surface area contributed by atoms with Crippen LogP contribution in [0.25, 0.3) is 21.8 Å². The number of aromatic nitrogens is 4. The molecule has 2 N–H and O–H groups in total. The van der Waals surface area contributed by atoms with Crippen LogP contribution in [0.3, 0.4) is 0 Å². The fourth-order valence-corrected chi connectivity index (χ4v) is 4.15. The largest absolute Gasteiger partial charge is 0.369 e. The van der Waals surface area contributed by atoms with Crippen LogP contribution in [0.5, 0.6) is 0 Å². The summed E-state index contributed by atoms with van der Waals surface area (Å²) in [6.07, 6.45) is 4.57. The molecular weight excluding hydrogens is 424 g/mol. The van der Waals surface area contributed by atoms with E-state index in [1.807, 2.05) is 42.5 Å². The van der Waals surface area contributed by atoms with Gasteiger partial charge in [-0.2, -0.15) is 5.10 Å². The minimum atomic E-state index is -0.00860. The van der Waals surface area contributed by atoms with Gasteiger partial charge in [-0.1, -0.05) is 72.8 Å². The van der Waals surface area contributed by atoms with Gasteiger partial charge >= 0.3 is 0 Å². The molecule has 1 amide bonds. The first kappa shape index (κ1) is 21.6. The number of hydrogen-bond donors (Lipinski definition) is 2. The monoisotopic (exact) mass is 450 g/mol. The molecule has 2 aromatic heterocycles. The first-order valence-corrected chi connectivity index (χ1v) is 11.5. The second-order valence-corrected chi connectivity index (χ2v) is 8.15. The van der Waals surface area contributed by atoms with Crippen LogP contribution in [-0.2, 0) is 24.2 Å². The molecule has 0 unspecified atom stereocenters. The third-order valence-electron chi connectivity index (χ3n) is 5.86. The Morgan fingerprint density at radius 2 is 1.68 bits per heavy atom. The summed E-state index contributed by atoms with van der Waals surface area (Å²) in [5, 5.41) is 14.0. The van der Waals surface area contributed by atoms with Crippen molar-refractivity contribution in [3.8, 4) is 0 Å². The van der Waals surface area contributed by atoms with Crippen molar-refractivity contribution in [2.45, 2.75) is 19.4 Å². The summed E-state index contributed by atoms with van der Waals surface area (Å²) in [4.78, 5) is 21.4. The quantitative estimate of drug-likeness (QED) is 0.355. The van der Waals surface area contributed by atoms with Crippen LogP contribution < -0.4 is 10.6 Å². The molecule has 3 aromatic carbocycles. The molecule has 7 heteroatoms. The van der Waals surface area contributed by atoms with Crippen molar-refractivity contribution in [1.29, 1.82) is 0 Å². The molecule has 0 atom stereocenters. The highest BCUT2D eigenvalue weighted by molar-refractivity contribution is 5.90. The number of anilines is 1. The van der Waals surface area contributed by atoms with E-state index < -0.39 is 0 Å². The predicted molar refractivity (Wildman–Crippen MR) is 135 cm³/mol. The molecule has 5 aromatic rings. The van der Waals surface area contributed by atoms with Crippen molar-refractivity contribution in [1.82, 2.24) is 25.1 Å². The number of rotatable bonds is 9. The molecule has 0 aliphatic rings. The van der Waals surface area contributed by atoms with Gasteiger partial charge in [0.15, 0.2) is 5.65 Å². The Kier molecular flexibility index (Phi) is 6.42. The van der Waals surface area contributed by atoms with Crippen molar-refractivity contribution < 1.29 is 4.79 Å². The van der Waals surface area contributed by atoms with E-state index in [2.05, 4.69) is 56.0 Å². The van der Waals surface area contributed by atoms with E-state index in [0.717, 1.165) is 46.2 Å². The van der Waals surface area contributed by atoms with Crippen molar-refractivity contribution in [3.05, 3.63) is 96.4 Å². The second-order valence-electron chi connectivity index (χ2n) is 8.15. The SMILES string of the molecule is O=C(Cc1cccc2ccccc12)NCCn1ncc2c(NCCc3ccccc3)ncnc21. The number of hydrogen-bond acceptors (Lipinski definition) is 5. The van der Waals surface area contributed by atoms with Gasteiger partial charge in [-0.15, -0.1) is 0 Å². The Morgan fingerprint density at radius 1 is 0.853 bits per heavy atom. The highest BCUT2D eigenvalue weighted by Crippen LogP contribution is 2.20. The Bertz CT molecular complexity index is 1410.